The molecule has 1 aromatic heterocycles. The molecule has 6 heteroatoms. The van der Waals surface area contributed by atoms with Crippen molar-refractivity contribution in [2.75, 3.05) is 23.8 Å². The third-order valence-corrected chi connectivity index (χ3v) is 3.22. The zero-order valence-corrected chi connectivity index (χ0v) is 14.0. The normalized spacial score (nSPS) is 11.6. The number of amides is 1. The molecule has 0 aliphatic heterocycles. The van der Waals surface area contributed by atoms with Crippen molar-refractivity contribution in [3.05, 3.63) is 48.2 Å². The molecule has 0 saturated carbocycles. The third kappa shape index (κ3) is 5.89. The number of pyridine rings is 1. The maximum Gasteiger partial charge on any atom is 0.228 e. The van der Waals surface area contributed by atoms with Crippen molar-refractivity contribution in [2.45, 2.75) is 26.4 Å². The first-order chi connectivity index (χ1) is 11.6. The number of ether oxygens (including phenoxy) is 1. The molecule has 3 N–H and O–H groups in total. The molecule has 0 bridgehead atoms. The summed E-state index contributed by atoms with van der Waals surface area (Å²) in [7, 11) is 0. The van der Waals surface area contributed by atoms with E-state index >= 15 is 0 Å². The molecule has 0 radical (unpaired) electrons. The van der Waals surface area contributed by atoms with Gasteiger partial charge in [0.15, 0.2) is 0 Å². The Morgan fingerprint density at radius 3 is 2.58 bits per heavy atom. The van der Waals surface area contributed by atoms with Crippen LogP contribution in [0.25, 0.3) is 0 Å². The van der Waals surface area contributed by atoms with E-state index in [0.717, 1.165) is 11.3 Å². The van der Waals surface area contributed by atoms with Crippen LogP contribution in [0.2, 0.25) is 0 Å². The van der Waals surface area contributed by atoms with Gasteiger partial charge in [0.1, 0.15) is 11.6 Å². The van der Waals surface area contributed by atoms with Crippen LogP contribution in [-0.2, 0) is 11.2 Å². The van der Waals surface area contributed by atoms with Crippen LogP contribution in [0.1, 0.15) is 19.4 Å². The number of hydrogen-bond acceptors (Lipinski definition) is 5. The maximum atomic E-state index is 12.1. The van der Waals surface area contributed by atoms with Crippen molar-refractivity contribution in [2.24, 2.45) is 0 Å². The molecule has 1 amide bonds. The van der Waals surface area contributed by atoms with Gasteiger partial charge in [-0.1, -0.05) is 12.1 Å². The molecule has 0 spiro atoms. The highest BCUT2D eigenvalue weighted by Crippen LogP contribution is 2.14. The molecular weight excluding hydrogens is 306 g/mol. The number of anilines is 2. The number of carbonyl (C=O) groups excluding carboxylic acids is 1. The van der Waals surface area contributed by atoms with Gasteiger partial charge in [0.25, 0.3) is 0 Å². The second-order valence-corrected chi connectivity index (χ2v) is 5.46. The summed E-state index contributed by atoms with van der Waals surface area (Å²) in [6.45, 7) is 4.68. The SMILES string of the molecule is CCOc1ccc(CC(=O)Nc2ccc(NCC(C)O)nc2)cc1. The summed E-state index contributed by atoms with van der Waals surface area (Å²) >= 11 is 0. The predicted molar refractivity (Wildman–Crippen MR) is 94.4 cm³/mol. The highest BCUT2D eigenvalue weighted by molar-refractivity contribution is 5.92. The predicted octanol–water partition coefficient (Wildman–Crippen LogP) is 2.45. The number of carbonyl (C=O) groups is 1. The van der Waals surface area contributed by atoms with Gasteiger partial charge in [-0.3, -0.25) is 4.79 Å². The zero-order chi connectivity index (χ0) is 17.4. The van der Waals surface area contributed by atoms with Crippen molar-refractivity contribution < 1.29 is 14.6 Å². The smallest absolute Gasteiger partial charge is 0.228 e. The summed E-state index contributed by atoms with van der Waals surface area (Å²) in [6.07, 6.45) is 1.43. The maximum absolute atomic E-state index is 12.1. The standard InChI is InChI=1S/C18H23N3O3/c1-3-24-16-7-4-14(5-8-16)10-18(23)21-15-6-9-17(20-12-15)19-11-13(2)22/h4-9,12-13,22H,3,10-11H2,1-2H3,(H,19,20)(H,21,23). The van der Waals surface area contributed by atoms with Crippen molar-refractivity contribution >= 4 is 17.4 Å². The lowest BCUT2D eigenvalue weighted by Gasteiger charge is -2.09. The Kier molecular flexibility index (Phi) is 6.57. The quantitative estimate of drug-likeness (QED) is 0.693. The van der Waals surface area contributed by atoms with E-state index in [4.69, 9.17) is 4.74 Å². The Balaban J connectivity index is 1.85. The minimum atomic E-state index is -0.444. The number of aromatic nitrogens is 1. The Morgan fingerprint density at radius 2 is 2.00 bits per heavy atom. The average molecular weight is 329 g/mol. The van der Waals surface area contributed by atoms with Crippen molar-refractivity contribution in [1.82, 2.24) is 4.98 Å². The van der Waals surface area contributed by atoms with Gasteiger partial charge in [0.05, 0.1) is 31.0 Å². The second kappa shape index (κ2) is 8.88. The number of hydrogen-bond donors (Lipinski definition) is 3. The summed E-state index contributed by atoms with van der Waals surface area (Å²) in [5.41, 5.74) is 1.55. The molecule has 2 rings (SSSR count). The molecule has 0 aliphatic rings. The van der Waals surface area contributed by atoms with Gasteiger partial charge < -0.3 is 20.5 Å². The molecule has 24 heavy (non-hydrogen) atoms. The Morgan fingerprint density at radius 1 is 1.25 bits per heavy atom. The van der Waals surface area contributed by atoms with Gasteiger partial charge in [0, 0.05) is 6.54 Å². The van der Waals surface area contributed by atoms with Gasteiger partial charge in [-0.15, -0.1) is 0 Å². The number of benzene rings is 1. The lowest BCUT2D eigenvalue weighted by Crippen LogP contribution is -2.16. The van der Waals surface area contributed by atoms with Crippen LogP contribution < -0.4 is 15.4 Å². The molecule has 0 fully saturated rings. The number of aliphatic hydroxyl groups is 1. The highest BCUT2D eigenvalue weighted by Gasteiger charge is 2.05. The Bertz CT molecular complexity index is 640. The first-order valence-corrected chi connectivity index (χ1v) is 7.96. The van der Waals surface area contributed by atoms with Gasteiger partial charge in [-0.25, -0.2) is 4.98 Å². The molecule has 2 aromatic rings. The van der Waals surface area contributed by atoms with Crippen LogP contribution in [-0.4, -0.2) is 35.3 Å². The van der Waals surface area contributed by atoms with Crippen LogP contribution in [0.15, 0.2) is 42.6 Å². The Labute approximate surface area is 141 Å². The molecule has 6 nitrogen and oxygen atoms in total. The molecule has 1 aromatic carbocycles. The zero-order valence-electron chi connectivity index (χ0n) is 14.0. The molecule has 1 unspecified atom stereocenters. The summed E-state index contributed by atoms with van der Waals surface area (Å²) in [5, 5.41) is 15.0. The van der Waals surface area contributed by atoms with E-state index in [1.165, 1.54) is 0 Å². The van der Waals surface area contributed by atoms with E-state index in [1.54, 1.807) is 25.3 Å². The first kappa shape index (κ1) is 17.7. The van der Waals surface area contributed by atoms with Crippen LogP contribution in [0.5, 0.6) is 5.75 Å². The van der Waals surface area contributed by atoms with Crippen molar-refractivity contribution in [3.8, 4) is 5.75 Å². The number of aliphatic hydroxyl groups excluding tert-OH is 1. The van der Waals surface area contributed by atoms with E-state index < -0.39 is 6.10 Å². The molecule has 1 heterocycles. The van der Waals surface area contributed by atoms with Crippen LogP contribution in [0.4, 0.5) is 11.5 Å². The molecular formula is C18H23N3O3. The first-order valence-electron chi connectivity index (χ1n) is 7.96. The summed E-state index contributed by atoms with van der Waals surface area (Å²) in [4.78, 5) is 16.3. The molecule has 0 saturated heterocycles. The van der Waals surface area contributed by atoms with E-state index in [2.05, 4.69) is 15.6 Å². The topological polar surface area (TPSA) is 83.5 Å². The van der Waals surface area contributed by atoms with Gasteiger partial charge in [-0.05, 0) is 43.7 Å². The van der Waals surface area contributed by atoms with Crippen molar-refractivity contribution in [1.29, 1.82) is 0 Å². The number of rotatable bonds is 8. The fourth-order valence-corrected chi connectivity index (χ4v) is 2.09. The third-order valence-electron chi connectivity index (χ3n) is 3.22. The van der Waals surface area contributed by atoms with Gasteiger partial charge in [-0.2, -0.15) is 0 Å². The van der Waals surface area contributed by atoms with Crippen LogP contribution in [0, 0.1) is 0 Å². The van der Waals surface area contributed by atoms with E-state index in [-0.39, 0.29) is 12.3 Å². The minimum absolute atomic E-state index is 0.106. The van der Waals surface area contributed by atoms with E-state index in [1.807, 2.05) is 31.2 Å². The monoisotopic (exact) mass is 329 g/mol. The minimum Gasteiger partial charge on any atom is -0.494 e. The molecule has 128 valence electrons. The Hall–Kier alpha value is -2.60. The fraction of sp³-hybridized carbons (Fsp3) is 0.333. The van der Waals surface area contributed by atoms with Crippen LogP contribution >= 0.6 is 0 Å². The van der Waals surface area contributed by atoms with Crippen LogP contribution in [0.3, 0.4) is 0 Å². The van der Waals surface area contributed by atoms with E-state index in [0.29, 0.717) is 24.7 Å². The summed E-state index contributed by atoms with van der Waals surface area (Å²) in [5.74, 6) is 1.34. The molecule has 0 aliphatic carbocycles. The number of nitrogens with one attached hydrogen (secondary N) is 2. The van der Waals surface area contributed by atoms with Gasteiger partial charge in [0.2, 0.25) is 5.91 Å². The lowest BCUT2D eigenvalue weighted by atomic mass is 10.1. The van der Waals surface area contributed by atoms with Crippen molar-refractivity contribution in [3.63, 3.8) is 0 Å². The fourth-order valence-electron chi connectivity index (χ4n) is 2.09. The summed E-state index contributed by atoms with van der Waals surface area (Å²) < 4.78 is 5.38. The van der Waals surface area contributed by atoms with E-state index in [9.17, 15) is 9.90 Å². The second-order valence-electron chi connectivity index (χ2n) is 5.46. The van der Waals surface area contributed by atoms with Gasteiger partial charge >= 0.3 is 0 Å². The summed E-state index contributed by atoms with van der Waals surface area (Å²) in [6, 6.07) is 11.0. The largest absolute Gasteiger partial charge is 0.494 e. The number of nitrogens with zero attached hydrogens (tertiary/aromatic N) is 1. The lowest BCUT2D eigenvalue weighted by molar-refractivity contribution is -0.115. The molecule has 1 atom stereocenters. The average Bonchev–Trinajstić information content (AvgIpc) is 2.56. The highest BCUT2D eigenvalue weighted by atomic mass is 16.5.